The molecule has 0 atom stereocenters. The van der Waals surface area contributed by atoms with Crippen molar-refractivity contribution in [3.8, 4) is 0 Å². The molecule has 4 heteroatoms. The van der Waals surface area contributed by atoms with Crippen LogP contribution in [0.2, 0.25) is 0 Å². The number of anilines is 1. The first-order valence-electron chi connectivity index (χ1n) is 6.66. The average molecular weight is 257 g/mol. The molecule has 4 nitrogen and oxygen atoms in total. The van der Waals surface area contributed by atoms with E-state index < -0.39 is 0 Å². The van der Waals surface area contributed by atoms with Gasteiger partial charge in [0, 0.05) is 19.0 Å². The first kappa shape index (κ1) is 13.3. The van der Waals surface area contributed by atoms with Gasteiger partial charge in [0.15, 0.2) is 0 Å². The highest BCUT2D eigenvalue weighted by Crippen LogP contribution is 2.04. The summed E-state index contributed by atoms with van der Waals surface area (Å²) in [6.07, 6.45) is 2.77. The van der Waals surface area contributed by atoms with E-state index >= 15 is 0 Å². The number of aromatic amines is 1. The van der Waals surface area contributed by atoms with Crippen LogP contribution in [0.15, 0.2) is 41.2 Å². The van der Waals surface area contributed by atoms with E-state index in [2.05, 4.69) is 39.6 Å². The van der Waals surface area contributed by atoms with Gasteiger partial charge in [-0.1, -0.05) is 37.3 Å². The molecule has 0 aliphatic carbocycles. The Hall–Kier alpha value is -2.10. The van der Waals surface area contributed by atoms with E-state index in [4.69, 9.17) is 0 Å². The van der Waals surface area contributed by atoms with E-state index in [1.807, 2.05) is 13.0 Å². The molecule has 0 saturated heterocycles. The van der Waals surface area contributed by atoms with Crippen molar-refractivity contribution in [3.05, 3.63) is 58.1 Å². The lowest BCUT2D eigenvalue weighted by atomic mass is 10.1. The maximum Gasteiger partial charge on any atom is 0.252 e. The molecule has 1 heterocycles. The molecule has 0 saturated carbocycles. The third-order valence-corrected chi connectivity index (χ3v) is 2.92. The Morgan fingerprint density at radius 3 is 2.79 bits per heavy atom. The standard InChI is InChI=1S/C15H19N3O/c1-2-13-17-14(11-15(19)18-13)16-10-6-9-12-7-4-3-5-8-12/h3-5,7-8,11H,2,6,9-10H2,1H3,(H2,16,17,18,19). The lowest BCUT2D eigenvalue weighted by molar-refractivity contribution is 0.849. The predicted molar refractivity (Wildman–Crippen MR) is 77.5 cm³/mol. The highest BCUT2D eigenvalue weighted by Gasteiger charge is 1.99. The molecule has 19 heavy (non-hydrogen) atoms. The van der Waals surface area contributed by atoms with Gasteiger partial charge in [-0.2, -0.15) is 0 Å². The van der Waals surface area contributed by atoms with Crippen LogP contribution in [0, 0.1) is 0 Å². The topological polar surface area (TPSA) is 57.8 Å². The number of H-pyrrole nitrogens is 1. The van der Waals surface area contributed by atoms with Crippen LogP contribution in [0.3, 0.4) is 0 Å². The summed E-state index contributed by atoms with van der Waals surface area (Å²) in [4.78, 5) is 18.4. The van der Waals surface area contributed by atoms with Gasteiger partial charge in [-0.15, -0.1) is 0 Å². The zero-order valence-electron chi connectivity index (χ0n) is 11.1. The second kappa shape index (κ2) is 6.73. The van der Waals surface area contributed by atoms with Crippen LogP contribution in [-0.4, -0.2) is 16.5 Å². The molecule has 1 aromatic carbocycles. The van der Waals surface area contributed by atoms with Crippen molar-refractivity contribution in [3.63, 3.8) is 0 Å². The van der Waals surface area contributed by atoms with E-state index in [-0.39, 0.29) is 5.56 Å². The summed E-state index contributed by atoms with van der Waals surface area (Å²) in [7, 11) is 0. The summed E-state index contributed by atoms with van der Waals surface area (Å²) in [5.74, 6) is 1.38. The van der Waals surface area contributed by atoms with Crippen LogP contribution < -0.4 is 10.9 Å². The maximum absolute atomic E-state index is 11.4. The van der Waals surface area contributed by atoms with Crippen molar-refractivity contribution >= 4 is 5.82 Å². The van der Waals surface area contributed by atoms with Crippen LogP contribution >= 0.6 is 0 Å². The normalized spacial score (nSPS) is 10.4. The largest absolute Gasteiger partial charge is 0.370 e. The molecule has 0 radical (unpaired) electrons. The van der Waals surface area contributed by atoms with Crippen molar-refractivity contribution in [2.45, 2.75) is 26.2 Å². The zero-order chi connectivity index (χ0) is 13.5. The fourth-order valence-electron chi connectivity index (χ4n) is 1.92. The van der Waals surface area contributed by atoms with Gasteiger partial charge in [-0.25, -0.2) is 4.98 Å². The van der Waals surface area contributed by atoms with Gasteiger partial charge in [-0.3, -0.25) is 4.79 Å². The molecule has 0 bridgehead atoms. The van der Waals surface area contributed by atoms with E-state index in [0.29, 0.717) is 5.82 Å². The van der Waals surface area contributed by atoms with Gasteiger partial charge < -0.3 is 10.3 Å². The van der Waals surface area contributed by atoms with E-state index in [9.17, 15) is 4.79 Å². The van der Waals surface area contributed by atoms with E-state index in [0.717, 1.165) is 31.6 Å². The smallest absolute Gasteiger partial charge is 0.252 e. The first-order chi connectivity index (χ1) is 9.28. The third kappa shape index (κ3) is 4.25. The molecule has 2 N–H and O–H groups in total. The maximum atomic E-state index is 11.4. The van der Waals surface area contributed by atoms with Crippen molar-refractivity contribution in [1.82, 2.24) is 9.97 Å². The Balaban J connectivity index is 1.83. The fourth-order valence-corrected chi connectivity index (χ4v) is 1.92. The minimum absolute atomic E-state index is 0.0996. The van der Waals surface area contributed by atoms with Gasteiger partial charge in [0.05, 0.1) is 0 Å². The Morgan fingerprint density at radius 1 is 1.26 bits per heavy atom. The zero-order valence-corrected chi connectivity index (χ0v) is 11.1. The molecule has 2 aromatic rings. The summed E-state index contributed by atoms with van der Waals surface area (Å²) in [6, 6.07) is 11.9. The molecule has 2 rings (SSSR count). The van der Waals surface area contributed by atoms with Gasteiger partial charge in [-0.05, 0) is 18.4 Å². The van der Waals surface area contributed by atoms with Crippen LogP contribution in [0.5, 0.6) is 0 Å². The van der Waals surface area contributed by atoms with Crippen LogP contribution in [-0.2, 0) is 12.8 Å². The van der Waals surface area contributed by atoms with Gasteiger partial charge >= 0.3 is 0 Å². The fraction of sp³-hybridized carbons (Fsp3) is 0.333. The number of rotatable bonds is 6. The minimum Gasteiger partial charge on any atom is -0.370 e. The second-order valence-electron chi connectivity index (χ2n) is 4.45. The molecule has 0 aliphatic heterocycles. The lowest BCUT2D eigenvalue weighted by Crippen LogP contribution is -2.14. The Kier molecular flexibility index (Phi) is 4.72. The number of nitrogens with zero attached hydrogens (tertiary/aromatic N) is 1. The minimum atomic E-state index is -0.0996. The summed E-state index contributed by atoms with van der Waals surface area (Å²) < 4.78 is 0. The monoisotopic (exact) mass is 257 g/mol. The molecule has 0 fully saturated rings. The van der Waals surface area contributed by atoms with Crippen molar-refractivity contribution in [2.24, 2.45) is 0 Å². The van der Waals surface area contributed by atoms with E-state index in [1.54, 1.807) is 0 Å². The number of benzene rings is 1. The highest BCUT2D eigenvalue weighted by atomic mass is 16.1. The van der Waals surface area contributed by atoms with Gasteiger partial charge in [0.1, 0.15) is 11.6 Å². The quantitative estimate of drug-likeness (QED) is 0.781. The third-order valence-electron chi connectivity index (χ3n) is 2.92. The number of hydrogen-bond donors (Lipinski definition) is 2. The molecule has 1 aromatic heterocycles. The van der Waals surface area contributed by atoms with Crippen molar-refractivity contribution < 1.29 is 0 Å². The van der Waals surface area contributed by atoms with Gasteiger partial charge in [0.25, 0.3) is 5.56 Å². The predicted octanol–water partition coefficient (Wildman–Crippen LogP) is 2.38. The lowest BCUT2D eigenvalue weighted by Gasteiger charge is -2.06. The molecule has 0 unspecified atom stereocenters. The number of aryl methyl sites for hydroxylation is 2. The molecular formula is C15H19N3O. The number of nitrogens with one attached hydrogen (secondary N) is 2. The Morgan fingerprint density at radius 2 is 2.05 bits per heavy atom. The molecular weight excluding hydrogens is 238 g/mol. The van der Waals surface area contributed by atoms with Crippen LogP contribution in [0.4, 0.5) is 5.82 Å². The average Bonchev–Trinajstić information content (AvgIpc) is 2.44. The number of hydrogen-bond acceptors (Lipinski definition) is 3. The van der Waals surface area contributed by atoms with Gasteiger partial charge in [0.2, 0.25) is 0 Å². The number of aromatic nitrogens is 2. The molecule has 0 aliphatic rings. The first-order valence-corrected chi connectivity index (χ1v) is 6.66. The summed E-state index contributed by atoms with van der Waals surface area (Å²) in [5, 5.41) is 3.20. The Bertz CT molecular complexity index is 563. The summed E-state index contributed by atoms with van der Waals surface area (Å²) in [5.41, 5.74) is 1.23. The summed E-state index contributed by atoms with van der Waals surface area (Å²) in [6.45, 7) is 2.78. The SMILES string of the molecule is CCc1nc(NCCCc2ccccc2)cc(=O)[nH]1. The van der Waals surface area contributed by atoms with Crippen LogP contribution in [0.25, 0.3) is 0 Å². The Labute approximate surface area is 112 Å². The van der Waals surface area contributed by atoms with E-state index in [1.165, 1.54) is 11.6 Å². The molecule has 0 amide bonds. The molecule has 0 spiro atoms. The summed E-state index contributed by atoms with van der Waals surface area (Å²) >= 11 is 0. The van der Waals surface area contributed by atoms with Crippen molar-refractivity contribution in [2.75, 3.05) is 11.9 Å². The van der Waals surface area contributed by atoms with Crippen LogP contribution in [0.1, 0.15) is 24.7 Å². The highest BCUT2D eigenvalue weighted by molar-refractivity contribution is 5.32. The second-order valence-corrected chi connectivity index (χ2v) is 4.45. The van der Waals surface area contributed by atoms with Crippen molar-refractivity contribution in [1.29, 1.82) is 0 Å². The molecule has 100 valence electrons.